The number of aromatic amines is 2. The van der Waals surface area contributed by atoms with Gasteiger partial charge in [0.25, 0.3) is 11.1 Å². The third-order valence-electron chi connectivity index (χ3n) is 6.29. The molecule has 2 amide bonds. The smallest absolute Gasteiger partial charge is 0.272 e. The molecule has 12 nitrogen and oxygen atoms in total. The lowest BCUT2D eigenvalue weighted by Crippen LogP contribution is -2.37. The van der Waals surface area contributed by atoms with Gasteiger partial charge < -0.3 is 15.5 Å². The first kappa shape index (κ1) is 24.3. The van der Waals surface area contributed by atoms with Crippen molar-refractivity contribution in [1.82, 2.24) is 35.4 Å². The molecule has 35 heavy (non-hydrogen) atoms. The Morgan fingerprint density at radius 1 is 1.14 bits per heavy atom. The summed E-state index contributed by atoms with van der Waals surface area (Å²) >= 11 is 0. The summed E-state index contributed by atoms with van der Waals surface area (Å²) in [4.78, 5) is 50.8. The van der Waals surface area contributed by atoms with E-state index < -0.39 is 17.0 Å². The van der Waals surface area contributed by atoms with Gasteiger partial charge in [0.1, 0.15) is 0 Å². The van der Waals surface area contributed by atoms with E-state index in [2.05, 4.69) is 43.1 Å². The second kappa shape index (κ2) is 11.1. The SMILES string of the molecule is CN1CCCCC1Cc1cn(CCCC(=O)NCC(=O)Nc2cccc3c(=O)[nH][nH]c(=O)c23)nn1. The molecule has 3 aromatic rings. The molecule has 0 saturated carbocycles. The molecular weight excluding hydrogens is 452 g/mol. The number of nitrogens with one attached hydrogen (secondary N) is 4. The van der Waals surface area contributed by atoms with E-state index in [9.17, 15) is 19.2 Å². The van der Waals surface area contributed by atoms with Gasteiger partial charge in [0, 0.05) is 31.6 Å². The molecule has 1 aliphatic heterocycles. The molecule has 1 atom stereocenters. The molecule has 4 N–H and O–H groups in total. The Hall–Kier alpha value is -3.80. The van der Waals surface area contributed by atoms with E-state index in [4.69, 9.17) is 0 Å². The van der Waals surface area contributed by atoms with E-state index >= 15 is 0 Å². The van der Waals surface area contributed by atoms with Gasteiger partial charge in [-0.1, -0.05) is 17.7 Å². The average molecular weight is 483 g/mol. The normalized spacial score (nSPS) is 16.3. The summed E-state index contributed by atoms with van der Waals surface area (Å²) < 4.78 is 1.75. The van der Waals surface area contributed by atoms with E-state index in [1.165, 1.54) is 31.4 Å². The van der Waals surface area contributed by atoms with Gasteiger partial charge in [-0.25, -0.2) is 0 Å². The van der Waals surface area contributed by atoms with Crippen molar-refractivity contribution in [1.29, 1.82) is 0 Å². The van der Waals surface area contributed by atoms with Gasteiger partial charge in [-0.2, -0.15) is 0 Å². The van der Waals surface area contributed by atoms with Crippen molar-refractivity contribution in [3.8, 4) is 0 Å². The number of H-pyrrole nitrogens is 2. The van der Waals surface area contributed by atoms with Crippen LogP contribution in [0.2, 0.25) is 0 Å². The molecular formula is C23H30N8O4. The molecule has 1 unspecified atom stereocenters. The number of piperidine rings is 1. The zero-order valence-electron chi connectivity index (χ0n) is 19.7. The Morgan fingerprint density at radius 3 is 2.80 bits per heavy atom. The van der Waals surface area contributed by atoms with Crippen LogP contribution in [-0.2, 0) is 22.6 Å². The number of aromatic nitrogens is 5. The van der Waals surface area contributed by atoms with Crippen molar-refractivity contribution in [3.63, 3.8) is 0 Å². The fourth-order valence-electron chi connectivity index (χ4n) is 4.38. The van der Waals surface area contributed by atoms with Crippen molar-refractivity contribution in [2.24, 2.45) is 0 Å². The van der Waals surface area contributed by atoms with Gasteiger partial charge in [0.05, 0.1) is 28.7 Å². The maximum atomic E-state index is 12.3. The fraction of sp³-hybridized carbons (Fsp3) is 0.478. The Morgan fingerprint density at radius 2 is 1.97 bits per heavy atom. The Bertz CT molecular complexity index is 1310. The summed E-state index contributed by atoms with van der Waals surface area (Å²) in [5, 5.41) is 18.3. The molecule has 1 fully saturated rings. The van der Waals surface area contributed by atoms with E-state index in [1.807, 2.05) is 6.20 Å². The zero-order chi connectivity index (χ0) is 24.8. The number of hydrogen-bond donors (Lipinski definition) is 4. The molecule has 2 aromatic heterocycles. The topological polar surface area (TPSA) is 158 Å². The third-order valence-corrected chi connectivity index (χ3v) is 6.29. The molecule has 0 spiro atoms. The number of rotatable bonds is 9. The molecule has 1 aromatic carbocycles. The minimum atomic E-state index is -0.526. The highest BCUT2D eigenvalue weighted by molar-refractivity contribution is 6.02. The molecule has 0 bridgehead atoms. The lowest BCUT2D eigenvalue weighted by Gasteiger charge is -2.31. The predicted octanol–water partition coefficient (Wildman–Crippen LogP) is 0.370. The molecule has 0 radical (unpaired) electrons. The molecule has 1 saturated heterocycles. The second-order valence-corrected chi connectivity index (χ2v) is 8.87. The van der Waals surface area contributed by atoms with Crippen LogP contribution in [0.15, 0.2) is 34.0 Å². The van der Waals surface area contributed by atoms with Gasteiger partial charge in [-0.3, -0.25) is 34.1 Å². The molecule has 1 aliphatic rings. The number of anilines is 1. The standard InChI is InChI=1S/C23H30N8O4/c1-30-10-3-2-6-16(30)12-15-14-31(29-26-15)11-5-9-19(32)24-13-20(33)25-18-8-4-7-17-21(18)23(35)28-27-22(17)34/h4,7-8,14,16H,2-3,5-6,9-13H2,1H3,(H,24,32)(H,25,33)(H,27,34)(H,28,35). The minimum absolute atomic E-state index is 0.0817. The largest absolute Gasteiger partial charge is 0.347 e. The number of carbonyl (C=O) groups is 2. The first-order chi connectivity index (χ1) is 16.9. The monoisotopic (exact) mass is 482 g/mol. The molecule has 3 heterocycles. The van der Waals surface area contributed by atoms with Crippen LogP contribution in [0.5, 0.6) is 0 Å². The molecule has 186 valence electrons. The van der Waals surface area contributed by atoms with Gasteiger partial charge in [0.15, 0.2) is 0 Å². The quantitative estimate of drug-likeness (QED) is 0.343. The van der Waals surface area contributed by atoms with Crippen molar-refractivity contribution in [2.45, 2.75) is 51.1 Å². The molecule has 12 heteroatoms. The van der Waals surface area contributed by atoms with Gasteiger partial charge in [0.2, 0.25) is 11.8 Å². The summed E-state index contributed by atoms with van der Waals surface area (Å²) in [6.45, 7) is 1.42. The lowest BCUT2D eigenvalue weighted by molar-refractivity contribution is -0.124. The van der Waals surface area contributed by atoms with Crippen LogP contribution in [0.4, 0.5) is 5.69 Å². The van der Waals surface area contributed by atoms with E-state index in [1.54, 1.807) is 10.7 Å². The highest BCUT2D eigenvalue weighted by atomic mass is 16.2. The Labute approximate surface area is 201 Å². The maximum Gasteiger partial charge on any atom is 0.272 e. The van der Waals surface area contributed by atoms with E-state index in [-0.39, 0.29) is 35.3 Å². The van der Waals surface area contributed by atoms with Crippen LogP contribution in [-0.4, -0.2) is 68.1 Å². The second-order valence-electron chi connectivity index (χ2n) is 8.87. The Kier molecular flexibility index (Phi) is 7.70. The van der Waals surface area contributed by atoms with Crippen LogP contribution in [0.3, 0.4) is 0 Å². The van der Waals surface area contributed by atoms with Crippen molar-refractivity contribution in [3.05, 3.63) is 50.8 Å². The zero-order valence-corrected chi connectivity index (χ0v) is 19.7. The molecule has 0 aliphatic carbocycles. The fourth-order valence-corrected chi connectivity index (χ4v) is 4.38. The third kappa shape index (κ3) is 6.21. The number of nitrogens with zero attached hydrogens (tertiary/aromatic N) is 4. The predicted molar refractivity (Wildman–Crippen MR) is 130 cm³/mol. The average Bonchev–Trinajstić information content (AvgIpc) is 3.29. The number of aryl methyl sites for hydroxylation is 1. The van der Waals surface area contributed by atoms with Gasteiger partial charge >= 0.3 is 0 Å². The Balaban J connectivity index is 1.20. The minimum Gasteiger partial charge on any atom is -0.347 e. The number of fused-ring (bicyclic) bond motifs is 1. The number of amides is 2. The first-order valence-electron chi connectivity index (χ1n) is 11.8. The van der Waals surface area contributed by atoms with Crippen LogP contribution in [0, 0.1) is 0 Å². The number of likely N-dealkylation sites (N-methyl/N-ethyl adjacent to an activating group) is 1. The van der Waals surface area contributed by atoms with E-state index in [0.29, 0.717) is 19.0 Å². The van der Waals surface area contributed by atoms with Crippen LogP contribution >= 0.6 is 0 Å². The van der Waals surface area contributed by atoms with Gasteiger partial charge in [-0.05, 0) is 45.0 Å². The summed E-state index contributed by atoms with van der Waals surface area (Å²) in [7, 11) is 2.15. The summed E-state index contributed by atoms with van der Waals surface area (Å²) in [5.74, 6) is -0.768. The van der Waals surface area contributed by atoms with Crippen LogP contribution in [0.25, 0.3) is 10.8 Å². The number of carbonyl (C=O) groups excluding carboxylic acids is 2. The maximum absolute atomic E-state index is 12.3. The van der Waals surface area contributed by atoms with Gasteiger partial charge in [-0.15, -0.1) is 5.10 Å². The highest BCUT2D eigenvalue weighted by Gasteiger charge is 2.20. The summed E-state index contributed by atoms with van der Waals surface area (Å²) in [6, 6.07) is 5.08. The number of benzene rings is 1. The summed E-state index contributed by atoms with van der Waals surface area (Å²) in [5.41, 5.74) is 0.168. The molecule has 4 rings (SSSR count). The summed E-state index contributed by atoms with van der Waals surface area (Å²) in [6.07, 6.45) is 7.27. The van der Waals surface area contributed by atoms with Crippen molar-refractivity contribution < 1.29 is 9.59 Å². The number of likely N-dealkylation sites (tertiary alicyclic amines) is 1. The number of hydrogen-bond acceptors (Lipinski definition) is 7. The van der Waals surface area contributed by atoms with E-state index in [0.717, 1.165) is 18.7 Å². The van der Waals surface area contributed by atoms with Crippen LogP contribution < -0.4 is 21.8 Å². The first-order valence-corrected chi connectivity index (χ1v) is 11.8. The lowest BCUT2D eigenvalue weighted by atomic mass is 9.99. The van der Waals surface area contributed by atoms with Crippen molar-refractivity contribution >= 4 is 28.3 Å². The van der Waals surface area contributed by atoms with Crippen molar-refractivity contribution in [2.75, 3.05) is 25.5 Å². The highest BCUT2D eigenvalue weighted by Crippen LogP contribution is 2.18. The van der Waals surface area contributed by atoms with Crippen LogP contribution in [0.1, 0.15) is 37.8 Å².